The molecule has 6 rings (SSSR count). The van der Waals surface area contributed by atoms with Gasteiger partial charge in [-0.2, -0.15) is 0 Å². The van der Waals surface area contributed by atoms with Crippen LogP contribution in [0.5, 0.6) is 0 Å². The number of hydrogen-bond donors (Lipinski definition) is 1. The van der Waals surface area contributed by atoms with Crippen LogP contribution in [0.4, 0.5) is 0 Å². The SMILES string of the molecule is CC(O)(c1ccncc1)c1cc2cc(CC(=O)N3CCc4cccc(Cl)c4C3c3ccccc3)ccc2o1. The molecule has 1 N–H and O–H groups in total. The Morgan fingerprint density at radius 2 is 1.84 bits per heavy atom. The number of aromatic nitrogens is 1. The zero-order valence-electron chi connectivity index (χ0n) is 21.0. The summed E-state index contributed by atoms with van der Waals surface area (Å²) in [7, 11) is 0. The number of carbonyl (C=O) groups is 1. The Morgan fingerprint density at radius 3 is 2.63 bits per heavy atom. The Bertz CT molecular complexity index is 1610. The van der Waals surface area contributed by atoms with E-state index in [1.807, 2.05) is 59.5 Å². The third kappa shape index (κ3) is 4.38. The first-order valence-corrected chi connectivity index (χ1v) is 13.1. The standard InChI is InChI=1S/C32H27ClN2O3/c1-32(37,25-12-15-34-16-13-25)28-20-24-18-21(10-11-27(24)38-28)19-29(36)35-17-14-22-8-5-9-26(33)30(22)31(35)23-6-3-2-4-7-23/h2-13,15-16,18,20,31,37H,14,17,19H2,1H3. The van der Waals surface area contributed by atoms with Crippen LogP contribution in [0.3, 0.4) is 0 Å². The van der Waals surface area contributed by atoms with Crippen LogP contribution in [0.15, 0.2) is 102 Å². The molecule has 5 aromatic rings. The molecule has 3 heterocycles. The lowest BCUT2D eigenvalue weighted by Crippen LogP contribution is -2.41. The number of amides is 1. The molecule has 0 saturated carbocycles. The van der Waals surface area contributed by atoms with Crippen molar-refractivity contribution in [2.24, 2.45) is 0 Å². The molecule has 1 aliphatic heterocycles. The number of rotatable bonds is 5. The van der Waals surface area contributed by atoms with E-state index in [1.165, 1.54) is 5.56 Å². The van der Waals surface area contributed by atoms with Crippen LogP contribution in [0.2, 0.25) is 5.02 Å². The zero-order chi connectivity index (χ0) is 26.3. The van der Waals surface area contributed by atoms with Gasteiger partial charge in [-0.25, -0.2) is 0 Å². The van der Waals surface area contributed by atoms with Crippen molar-refractivity contribution in [1.29, 1.82) is 0 Å². The second-order valence-corrected chi connectivity index (χ2v) is 10.3. The van der Waals surface area contributed by atoms with Crippen LogP contribution in [0.1, 0.15) is 46.5 Å². The first-order valence-electron chi connectivity index (χ1n) is 12.7. The van der Waals surface area contributed by atoms with Gasteiger partial charge in [0.1, 0.15) is 16.9 Å². The maximum atomic E-state index is 13.8. The summed E-state index contributed by atoms with van der Waals surface area (Å²) in [6.45, 7) is 2.33. The molecule has 190 valence electrons. The maximum absolute atomic E-state index is 13.8. The lowest BCUT2D eigenvalue weighted by molar-refractivity contribution is -0.132. The van der Waals surface area contributed by atoms with Crippen LogP contribution in [-0.2, 0) is 23.2 Å². The third-order valence-corrected chi connectivity index (χ3v) is 7.77. The molecule has 0 spiro atoms. The highest BCUT2D eigenvalue weighted by Crippen LogP contribution is 2.40. The molecular weight excluding hydrogens is 496 g/mol. The third-order valence-electron chi connectivity index (χ3n) is 7.44. The molecule has 2 unspecified atom stereocenters. The Balaban J connectivity index is 1.30. The number of pyridine rings is 1. The summed E-state index contributed by atoms with van der Waals surface area (Å²) < 4.78 is 6.01. The molecule has 0 saturated heterocycles. The maximum Gasteiger partial charge on any atom is 0.227 e. The molecular formula is C32H27ClN2O3. The van der Waals surface area contributed by atoms with Gasteiger partial charge in [0, 0.05) is 34.9 Å². The molecule has 0 fully saturated rings. The topological polar surface area (TPSA) is 66.6 Å². The number of hydrogen-bond acceptors (Lipinski definition) is 4. The van der Waals surface area contributed by atoms with Gasteiger partial charge in [-0.15, -0.1) is 0 Å². The summed E-state index contributed by atoms with van der Waals surface area (Å²) in [5, 5.41) is 12.7. The van der Waals surface area contributed by atoms with E-state index in [1.54, 1.807) is 31.5 Å². The molecule has 0 aliphatic carbocycles. The molecule has 2 atom stereocenters. The minimum atomic E-state index is -1.30. The van der Waals surface area contributed by atoms with Crippen LogP contribution in [0, 0.1) is 0 Å². The minimum Gasteiger partial charge on any atom is -0.458 e. The van der Waals surface area contributed by atoms with Gasteiger partial charge >= 0.3 is 0 Å². The van der Waals surface area contributed by atoms with Crippen molar-refractivity contribution >= 4 is 28.5 Å². The molecule has 6 heteroatoms. The molecule has 5 nitrogen and oxygen atoms in total. The average Bonchev–Trinajstić information content (AvgIpc) is 3.38. The van der Waals surface area contributed by atoms with Crippen molar-refractivity contribution in [3.63, 3.8) is 0 Å². The van der Waals surface area contributed by atoms with Crippen molar-refractivity contribution in [3.8, 4) is 0 Å². The second-order valence-electron chi connectivity index (χ2n) is 9.93. The fourth-order valence-electron chi connectivity index (χ4n) is 5.42. The Labute approximate surface area is 226 Å². The highest BCUT2D eigenvalue weighted by atomic mass is 35.5. The molecule has 38 heavy (non-hydrogen) atoms. The fraction of sp³-hybridized carbons (Fsp3) is 0.188. The highest BCUT2D eigenvalue weighted by Gasteiger charge is 2.34. The number of nitrogens with zero attached hydrogens (tertiary/aromatic N) is 2. The van der Waals surface area contributed by atoms with Crippen LogP contribution in [0.25, 0.3) is 11.0 Å². The first-order chi connectivity index (χ1) is 18.4. The first kappa shape index (κ1) is 24.4. The average molecular weight is 523 g/mol. The van der Waals surface area contributed by atoms with Crippen molar-refractivity contribution in [1.82, 2.24) is 9.88 Å². The highest BCUT2D eigenvalue weighted by molar-refractivity contribution is 6.31. The van der Waals surface area contributed by atoms with E-state index in [9.17, 15) is 9.90 Å². The number of fused-ring (bicyclic) bond motifs is 2. The largest absolute Gasteiger partial charge is 0.458 e. The van der Waals surface area contributed by atoms with Gasteiger partial charge < -0.3 is 14.4 Å². The van der Waals surface area contributed by atoms with E-state index in [0.29, 0.717) is 28.5 Å². The van der Waals surface area contributed by atoms with E-state index in [4.69, 9.17) is 16.0 Å². The van der Waals surface area contributed by atoms with E-state index in [-0.39, 0.29) is 18.4 Å². The van der Waals surface area contributed by atoms with Gasteiger partial charge in [0.25, 0.3) is 0 Å². The minimum absolute atomic E-state index is 0.0382. The molecule has 1 aliphatic rings. The van der Waals surface area contributed by atoms with Gasteiger partial charge in [-0.1, -0.05) is 60.1 Å². The monoisotopic (exact) mass is 522 g/mol. The van der Waals surface area contributed by atoms with Gasteiger partial charge in [-0.3, -0.25) is 9.78 Å². The van der Waals surface area contributed by atoms with E-state index in [2.05, 4.69) is 23.2 Å². The second kappa shape index (κ2) is 9.75. The Hall–Kier alpha value is -3.93. The van der Waals surface area contributed by atoms with Crippen LogP contribution < -0.4 is 0 Å². The predicted octanol–water partition coefficient (Wildman–Crippen LogP) is 6.45. The van der Waals surface area contributed by atoms with Gasteiger partial charge in [0.05, 0.1) is 12.5 Å². The number of carbonyl (C=O) groups excluding carboxylic acids is 1. The Kier molecular flexibility index (Phi) is 6.26. The number of furan rings is 1. The molecule has 0 radical (unpaired) electrons. The molecule has 1 amide bonds. The quantitative estimate of drug-likeness (QED) is 0.288. The normalized spacial score (nSPS) is 16.7. The van der Waals surface area contributed by atoms with E-state index < -0.39 is 5.60 Å². The Morgan fingerprint density at radius 1 is 1.05 bits per heavy atom. The van der Waals surface area contributed by atoms with Gasteiger partial charge in [-0.05, 0) is 72.0 Å². The lowest BCUT2D eigenvalue weighted by Gasteiger charge is -2.38. The van der Waals surface area contributed by atoms with Crippen molar-refractivity contribution in [2.75, 3.05) is 6.54 Å². The summed E-state index contributed by atoms with van der Waals surface area (Å²) in [6.07, 6.45) is 4.30. The summed E-state index contributed by atoms with van der Waals surface area (Å²) in [6, 6.07) is 26.9. The number of benzene rings is 3. The fourth-order valence-corrected chi connectivity index (χ4v) is 5.72. The predicted molar refractivity (Wildman–Crippen MR) is 148 cm³/mol. The summed E-state index contributed by atoms with van der Waals surface area (Å²) in [5.74, 6) is 0.477. The molecule has 0 bridgehead atoms. The smallest absolute Gasteiger partial charge is 0.227 e. The summed E-state index contributed by atoms with van der Waals surface area (Å²) >= 11 is 6.69. The summed E-state index contributed by atoms with van der Waals surface area (Å²) in [5.41, 5.74) is 4.17. The number of aliphatic hydroxyl groups is 1. The van der Waals surface area contributed by atoms with E-state index >= 15 is 0 Å². The molecule has 2 aromatic heterocycles. The van der Waals surface area contributed by atoms with Gasteiger partial charge in [0.2, 0.25) is 5.91 Å². The van der Waals surface area contributed by atoms with E-state index in [0.717, 1.165) is 28.5 Å². The van der Waals surface area contributed by atoms with Crippen molar-refractivity contribution < 1.29 is 14.3 Å². The van der Waals surface area contributed by atoms with Crippen molar-refractivity contribution in [3.05, 3.63) is 136 Å². The van der Waals surface area contributed by atoms with Crippen LogP contribution in [-0.4, -0.2) is 27.4 Å². The summed E-state index contributed by atoms with van der Waals surface area (Å²) in [4.78, 5) is 19.7. The van der Waals surface area contributed by atoms with Crippen molar-refractivity contribution in [2.45, 2.75) is 31.4 Å². The lowest BCUT2D eigenvalue weighted by atomic mass is 9.87. The van der Waals surface area contributed by atoms with Crippen LogP contribution >= 0.6 is 11.6 Å². The number of halogens is 1. The zero-order valence-corrected chi connectivity index (χ0v) is 21.7. The molecule has 3 aromatic carbocycles. The van der Waals surface area contributed by atoms with Gasteiger partial charge in [0.15, 0.2) is 0 Å².